The molecule has 19 nitrogen and oxygen atoms in total. The fourth-order valence-electron chi connectivity index (χ4n) is 10.4. The summed E-state index contributed by atoms with van der Waals surface area (Å²) in [6.07, 6.45) is 10.5. The van der Waals surface area contributed by atoms with E-state index in [4.69, 9.17) is 9.82 Å². The van der Waals surface area contributed by atoms with Gasteiger partial charge in [0.1, 0.15) is 16.3 Å². The molecular formula is C53H56N5O14S3+. The highest BCUT2D eigenvalue weighted by molar-refractivity contribution is 7.87. The van der Waals surface area contributed by atoms with Crippen molar-refractivity contribution in [3.63, 3.8) is 0 Å². The number of anilines is 1. The average Bonchev–Trinajstić information content (AvgIpc) is 3.89. The van der Waals surface area contributed by atoms with E-state index in [-0.39, 0.29) is 47.0 Å². The predicted molar refractivity (Wildman–Crippen MR) is 279 cm³/mol. The molecule has 3 aliphatic rings. The Balaban J connectivity index is 1.14. The first-order valence-electron chi connectivity index (χ1n) is 24.1. The molecule has 75 heavy (non-hydrogen) atoms. The Bertz CT molecular complexity index is 3710. The second-order valence-electron chi connectivity index (χ2n) is 19.4. The van der Waals surface area contributed by atoms with Crippen LogP contribution < -0.4 is 10.2 Å². The smallest absolute Gasteiger partial charge is 0.333 e. The summed E-state index contributed by atoms with van der Waals surface area (Å²) in [7, 11) is -14.4. The summed E-state index contributed by atoms with van der Waals surface area (Å²) >= 11 is 0. The number of imide groups is 1. The number of nitrogens with zero attached hydrogens (tertiary/aromatic N) is 4. The van der Waals surface area contributed by atoms with Crippen LogP contribution in [0.15, 0.2) is 118 Å². The maximum Gasteiger partial charge on any atom is 0.333 e. The molecule has 4 aromatic carbocycles. The Morgan fingerprint density at radius 2 is 1.45 bits per heavy atom. The van der Waals surface area contributed by atoms with Crippen molar-refractivity contribution in [2.45, 2.75) is 106 Å². The molecule has 22 heteroatoms. The summed E-state index contributed by atoms with van der Waals surface area (Å²) in [4.78, 5) is 59.2. The van der Waals surface area contributed by atoms with Gasteiger partial charge in [0, 0.05) is 89.4 Å². The van der Waals surface area contributed by atoms with Crippen molar-refractivity contribution in [2.75, 3.05) is 24.5 Å². The quantitative estimate of drug-likeness (QED) is 0.0228. The number of hydrogen-bond acceptors (Lipinski definition) is 13. The van der Waals surface area contributed by atoms with Crippen molar-refractivity contribution in [3.05, 3.63) is 125 Å². The molecule has 0 atom stereocenters. The number of aromatic nitrogens is 1. The Kier molecular flexibility index (Phi) is 14.7. The molecule has 1 aromatic heterocycles. The van der Waals surface area contributed by atoms with Crippen LogP contribution in [0.3, 0.4) is 0 Å². The number of carbonyl (C=O) groups is 4. The summed E-state index contributed by atoms with van der Waals surface area (Å²) < 4.78 is 108. The van der Waals surface area contributed by atoms with Gasteiger partial charge >= 0.3 is 5.97 Å². The number of likely N-dealkylation sites (N-methyl/N-ethyl adjacent to an activating group) is 1. The van der Waals surface area contributed by atoms with E-state index in [2.05, 4.69) is 10.2 Å². The van der Waals surface area contributed by atoms with Gasteiger partial charge in [0.05, 0.1) is 21.6 Å². The van der Waals surface area contributed by atoms with E-state index in [0.717, 1.165) is 23.0 Å². The highest BCUT2D eigenvalue weighted by atomic mass is 32.2. The van der Waals surface area contributed by atoms with E-state index in [9.17, 15) is 58.1 Å². The zero-order valence-electron chi connectivity index (χ0n) is 41.9. The van der Waals surface area contributed by atoms with Crippen LogP contribution >= 0.6 is 0 Å². The van der Waals surface area contributed by atoms with Gasteiger partial charge in [-0.2, -0.15) is 29.8 Å². The number of rotatable bonds is 17. The van der Waals surface area contributed by atoms with Gasteiger partial charge in [-0.15, -0.1) is 5.06 Å². The number of amides is 3. The molecule has 4 heterocycles. The number of pyridine rings is 1. The fourth-order valence-corrected chi connectivity index (χ4v) is 12.5. The molecule has 0 spiro atoms. The molecule has 0 saturated carbocycles. The van der Waals surface area contributed by atoms with Crippen LogP contribution in [0.2, 0.25) is 0 Å². The lowest BCUT2D eigenvalue weighted by Crippen LogP contribution is -2.31. The molecule has 1 fully saturated rings. The van der Waals surface area contributed by atoms with Gasteiger partial charge in [-0.1, -0.05) is 44.5 Å². The summed E-state index contributed by atoms with van der Waals surface area (Å²) in [5.41, 5.74) is 4.09. The number of fused-ring (bicyclic) bond motifs is 6. The lowest BCUT2D eigenvalue weighted by Gasteiger charge is -2.26. The van der Waals surface area contributed by atoms with Gasteiger partial charge in [-0.3, -0.25) is 33.0 Å². The molecule has 0 aliphatic carbocycles. The minimum Gasteiger partial charge on any atom is -0.352 e. The van der Waals surface area contributed by atoms with E-state index in [1.807, 2.05) is 82.6 Å². The van der Waals surface area contributed by atoms with Crippen molar-refractivity contribution in [3.8, 4) is 0 Å². The Morgan fingerprint density at radius 3 is 2.08 bits per heavy atom. The minimum atomic E-state index is -4.96. The normalized spacial score (nSPS) is 17.2. The molecule has 0 radical (unpaired) electrons. The third-order valence-corrected chi connectivity index (χ3v) is 16.6. The number of benzene rings is 4. The molecule has 0 unspecified atom stereocenters. The van der Waals surface area contributed by atoms with Gasteiger partial charge in [-0.05, 0) is 111 Å². The monoisotopic (exact) mass is 1080 g/mol. The number of hydroxylamine groups is 2. The van der Waals surface area contributed by atoms with Gasteiger partial charge in [0.2, 0.25) is 5.69 Å². The largest absolute Gasteiger partial charge is 0.352 e. The molecule has 4 N–H and O–H groups in total. The number of carbonyl (C=O) groups excluding carboxylic acids is 4. The summed E-state index contributed by atoms with van der Waals surface area (Å²) in [5.74, 6) is -2.20. The van der Waals surface area contributed by atoms with Crippen molar-refractivity contribution in [2.24, 2.45) is 0 Å². The van der Waals surface area contributed by atoms with Crippen LogP contribution in [-0.4, -0.2) is 103 Å². The van der Waals surface area contributed by atoms with E-state index >= 15 is 0 Å². The van der Waals surface area contributed by atoms with Crippen LogP contribution in [0, 0.1) is 0 Å². The average molecular weight is 1080 g/mol. The SMILES string of the molecule is CCN1/C(=C/C=C(/C=C/C2=[N+](CC)c3ccc4c(S(=O)(=O)O)cc(S(=O)(=O)O)cc4c3C2(C)C)c2ccc(C(=O)NCCCCCC(=O)ON3C(=O)CCC3=O)cn2)C(C)(C)c2c1ccc1c(S(=O)(=O)O)cccc21. The van der Waals surface area contributed by atoms with E-state index < -0.39 is 74.7 Å². The second-order valence-corrected chi connectivity index (χ2v) is 23.6. The zero-order chi connectivity index (χ0) is 54.6. The van der Waals surface area contributed by atoms with Gasteiger partial charge in [0.15, 0.2) is 5.71 Å². The van der Waals surface area contributed by atoms with E-state index in [1.54, 1.807) is 30.3 Å². The lowest BCUT2D eigenvalue weighted by molar-refractivity contribution is -0.433. The second kappa shape index (κ2) is 20.3. The van der Waals surface area contributed by atoms with Crippen molar-refractivity contribution in [1.82, 2.24) is 15.4 Å². The van der Waals surface area contributed by atoms with Crippen LogP contribution in [-0.2, 0) is 60.4 Å². The number of hydrogen-bond donors (Lipinski definition) is 4. The first-order chi connectivity index (χ1) is 35.2. The van der Waals surface area contributed by atoms with Crippen molar-refractivity contribution < 1.29 is 67.5 Å². The molecule has 1 saturated heterocycles. The first-order valence-corrected chi connectivity index (χ1v) is 28.5. The van der Waals surface area contributed by atoms with Crippen molar-refractivity contribution >= 4 is 98.2 Å². The number of allylic oxidation sites excluding steroid dienone is 6. The highest BCUT2D eigenvalue weighted by Crippen LogP contribution is 2.52. The number of unbranched alkanes of at least 4 members (excludes halogenated alkanes) is 2. The van der Waals surface area contributed by atoms with Crippen LogP contribution in [0.5, 0.6) is 0 Å². The first kappa shape index (κ1) is 54.3. The Hall–Kier alpha value is -6.95. The van der Waals surface area contributed by atoms with E-state index in [1.165, 1.54) is 24.4 Å². The fraction of sp³-hybridized carbons (Fsp3) is 0.321. The predicted octanol–water partition coefficient (Wildman–Crippen LogP) is 7.76. The maximum absolute atomic E-state index is 13.3. The van der Waals surface area contributed by atoms with Gasteiger partial charge in [0.25, 0.3) is 48.1 Å². The number of nitrogens with one attached hydrogen (secondary N) is 1. The highest BCUT2D eigenvalue weighted by Gasteiger charge is 2.46. The van der Waals surface area contributed by atoms with Crippen LogP contribution in [0.25, 0.3) is 27.1 Å². The summed E-state index contributed by atoms with van der Waals surface area (Å²) in [6.45, 7) is 13.0. The zero-order valence-corrected chi connectivity index (χ0v) is 44.4. The third-order valence-electron chi connectivity index (χ3n) is 13.9. The van der Waals surface area contributed by atoms with Crippen LogP contribution in [0.1, 0.15) is 107 Å². The molecule has 3 aliphatic heterocycles. The standard InChI is InChI=1S/C53H55N5O14S3/c1-7-56-40-22-19-35-37(13-12-14-42(35)74(66,67)68)49(40)52(3,4)44(56)24-17-32(39-21-16-33(31-55-39)51(62)54-28-11-9-10-15-48(61)72-58-46(59)26-27-47(58)60)18-25-45-53(5,6)50-38-29-34(73(63,64)65)30-43(75(69,70)71)36(38)20-23-41(50)57(45)8-2/h12-14,16-25,29-31H,7-11,15,26-28H2,1-6H3,(H3-,54,62,63,64,65,66,67,68,69,70,71)/p+1. The topological polar surface area (TPSA) is 275 Å². The molecular weight excluding hydrogens is 1030 g/mol. The summed E-state index contributed by atoms with van der Waals surface area (Å²) in [5, 5.41) is 4.64. The van der Waals surface area contributed by atoms with Gasteiger partial charge < -0.3 is 15.1 Å². The lowest BCUT2D eigenvalue weighted by atomic mass is 9.79. The molecule has 0 bridgehead atoms. The molecule has 3 amide bonds. The Labute approximate surface area is 434 Å². The minimum absolute atomic E-state index is 0.000711. The molecule has 5 aromatic rings. The third kappa shape index (κ3) is 10.4. The maximum atomic E-state index is 13.3. The van der Waals surface area contributed by atoms with Crippen molar-refractivity contribution in [1.29, 1.82) is 0 Å². The van der Waals surface area contributed by atoms with Crippen LogP contribution in [0.4, 0.5) is 11.4 Å². The summed E-state index contributed by atoms with van der Waals surface area (Å²) in [6, 6.07) is 16.7. The molecule has 394 valence electrons. The Morgan fingerprint density at radius 1 is 0.773 bits per heavy atom. The van der Waals surface area contributed by atoms with E-state index in [0.29, 0.717) is 76.4 Å². The molecule has 8 rings (SSSR count). The van der Waals surface area contributed by atoms with Gasteiger partial charge in [-0.25, -0.2) is 4.79 Å².